The van der Waals surface area contributed by atoms with E-state index >= 15 is 0 Å². The smallest absolute Gasteiger partial charge is 0.240 e. The molecule has 1 aromatic heterocycles. The zero-order chi connectivity index (χ0) is 22.7. The Labute approximate surface area is 186 Å². The van der Waals surface area contributed by atoms with E-state index in [1.54, 1.807) is 24.3 Å². The Kier molecular flexibility index (Phi) is 6.35. The van der Waals surface area contributed by atoms with Gasteiger partial charge < -0.3 is 15.3 Å². The van der Waals surface area contributed by atoms with Gasteiger partial charge in [-0.25, -0.2) is 22.5 Å². The van der Waals surface area contributed by atoms with E-state index in [1.807, 2.05) is 6.07 Å². The van der Waals surface area contributed by atoms with Crippen molar-refractivity contribution in [2.24, 2.45) is 0 Å². The minimum atomic E-state index is -3.53. The van der Waals surface area contributed by atoms with Crippen molar-refractivity contribution >= 4 is 27.5 Å². The van der Waals surface area contributed by atoms with Crippen LogP contribution in [0.3, 0.4) is 0 Å². The molecule has 32 heavy (non-hydrogen) atoms. The van der Waals surface area contributed by atoms with Gasteiger partial charge in [-0.15, -0.1) is 0 Å². The first-order valence-electron chi connectivity index (χ1n) is 10.2. The Morgan fingerprint density at radius 3 is 2.31 bits per heavy atom. The summed E-state index contributed by atoms with van der Waals surface area (Å²) in [5.74, 6) is 0.697. The molecule has 3 N–H and O–H groups in total. The van der Waals surface area contributed by atoms with Crippen molar-refractivity contribution in [2.75, 3.05) is 30.4 Å². The number of nitrogens with zero attached hydrogens (tertiary/aromatic N) is 3. The summed E-state index contributed by atoms with van der Waals surface area (Å²) in [5, 5.41) is 12.9. The minimum Gasteiger partial charge on any atom is -0.393 e. The second-order valence-corrected chi connectivity index (χ2v) is 9.40. The summed E-state index contributed by atoms with van der Waals surface area (Å²) >= 11 is 0. The Morgan fingerprint density at radius 1 is 1.03 bits per heavy atom. The summed E-state index contributed by atoms with van der Waals surface area (Å²) in [6, 6.07) is 14.2. The molecule has 0 aliphatic carbocycles. The molecular formula is C22H24FN5O3S. The Hall–Kier alpha value is -3.08. The van der Waals surface area contributed by atoms with Gasteiger partial charge in [0, 0.05) is 30.4 Å². The van der Waals surface area contributed by atoms with Crippen LogP contribution in [0.5, 0.6) is 0 Å². The van der Waals surface area contributed by atoms with Crippen LogP contribution in [0.1, 0.15) is 12.8 Å². The number of rotatable bonds is 6. The second kappa shape index (κ2) is 9.19. The summed E-state index contributed by atoms with van der Waals surface area (Å²) in [6.45, 7) is 1.33. The van der Waals surface area contributed by atoms with Gasteiger partial charge in [0.05, 0.1) is 16.7 Å². The predicted molar refractivity (Wildman–Crippen MR) is 121 cm³/mol. The van der Waals surface area contributed by atoms with Gasteiger partial charge in [-0.1, -0.05) is 0 Å². The third-order valence-electron chi connectivity index (χ3n) is 5.33. The van der Waals surface area contributed by atoms with Crippen LogP contribution in [0.2, 0.25) is 0 Å². The van der Waals surface area contributed by atoms with E-state index in [4.69, 9.17) is 0 Å². The number of benzene rings is 2. The number of nitrogens with one attached hydrogen (secondary N) is 2. The van der Waals surface area contributed by atoms with Crippen molar-refractivity contribution in [1.29, 1.82) is 0 Å². The molecule has 2 heterocycles. The lowest BCUT2D eigenvalue weighted by molar-refractivity contribution is 0.145. The summed E-state index contributed by atoms with van der Waals surface area (Å²) in [4.78, 5) is 11.4. The van der Waals surface area contributed by atoms with Crippen molar-refractivity contribution in [3.8, 4) is 11.3 Å². The normalized spacial score (nSPS) is 15.0. The summed E-state index contributed by atoms with van der Waals surface area (Å²) in [6.07, 6.45) is 0.995. The number of halogens is 1. The second-order valence-electron chi connectivity index (χ2n) is 7.52. The number of aliphatic hydroxyl groups excluding tert-OH is 1. The molecule has 0 amide bonds. The van der Waals surface area contributed by atoms with E-state index < -0.39 is 10.0 Å². The summed E-state index contributed by atoms with van der Waals surface area (Å²) < 4.78 is 39.5. The fraction of sp³-hybridized carbons (Fsp3) is 0.273. The number of sulfonamides is 1. The Balaban J connectivity index is 1.66. The van der Waals surface area contributed by atoms with Crippen molar-refractivity contribution in [2.45, 2.75) is 23.8 Å². The van der Waals surface area contributed by atoms with E-state index in [0.29, 0.717) is 49.1 Å². The van der Waals surface area contributed by atoms with Gasteiger partial charge in [0.2, 0.25) is 16.0 Å². The highest BCUT2D eigenvalue weighted by atomic mass is 32.2. The number of aliphatic hydroxyl groups is 1. The van der Waals surface area contributed by atoms with E-state index in [0.717, 1.165) is 5.56 Å². The van der Waals surface area contributed by atoms with Crippen molar-refractivity contribution in [3.63, 3.8) is 0 Å². The predicted octanol–water partition coefficient (Wildman–Crippen LogP) is 2.90. The standard InChI is InChI=1S/C22H24FN5O3S/c1-24-32(30,31)19-8-6-17(7-9-19)25-22-26-20(15-2-4-16(23)5-3-15)14-21(27-22)28-12-10-18(29)11-13-28/h2-9,14,18,24,29H,10-13H2,1H3,(H,25,26,27). The van der Waals surface area contributed by atoms with Gasteiger partial charge in [0.25, 0.3) is 0 Å². The lowest BCUT2D eigenvalue weighted by Gasteiger charge is -2.30. The molecule has 1 saturated heterocycles. The van der Waals surface area contributed by atoms with Gasteiger partial charge in [0.15, 0.2) is 0 Å². The minimum absolute atomic E-state index is 0.152. The fourth-order valence-electron chi connectivity index (χ4n) is 3.48. The van der Waals surface area contributed by atoms with Gasteiger partial charge in [-0.05, 0) is 68.4 Å². The summed E-state index contributed by atoms with van der Waals surface area (Å²) in [5.41, 5.74) is 1.99. The maximum absolute atomic E-state index is 13.4. The molecule has 8 nitrogen and oxygen atoms in total. The topological polar surface area (TPSA) is 107 Å². The van der Waals surface area contributed by atoms with Crippen LogP contribution >= 0.6 is 0 Å². The van der Waals surface area contributed by atoms with Crippen LogP contribution < -0.4 is 14.9 Å². The molecule has 0 unspecified atom stereocenters. The third-order valence-corrected chi connectivity index (χ3v) is 6.76. The molecule has 3 aromatic rings. The van der Waals surface area contributed by atoms with Crippen LogP contribution in [0.4, 0.5) is 21.8 Å². The Bertz CT molecular complexity index is 1180. The first-order chi connectivity index (χ1) is 15.3. The van der Waals surface area contributed by atoms with Crippen LogP contribution in [0.15, 0.2) is 59.5 Å². The number of hydrogen-bond donors (Lipinski definition) is 3. The molecule has 1 aliphatic rings. The van der Waals surface area contributed by atoms with Crippen LogP contribution in [-0.4, -0.2) is 49.7 Å². The van der Waals surface area contributed by atoms with E-state index in [-0.39, 0.29) is 16.8 Å². The lowest BCUT2D eigenvalue weighted by atomic mass is 10.1. The largest absolute Gasteiger partial charge is 0.393 e. The molecule has 4 rings (SSSR count). The van der Waals surface area contributed by atoms with Crippen LogP contribution in [-0.2, 0) is 10.0 Å². The zero-order valence-corrected chi connectivity index (χ0v) is 18.3. The highest BCUT2D eigenvalue weighted by Crippen LogP contribution is 2.27. The van der Waals surface area contributed by atoms with Gasteiger partial charge in [-0.2, -0.15) is 4.98 Å². The summed E-state index contributed by atoms with van der Waals surface area (Å²) in [7, 11) is -2.17. The van der Waals surface area contributed by atoms with Gasteiger partial charge in [0.1, 0.15) is 11.6 Å². The first kappa shape index (κ1) is 22.1. The zero-order valence-electron chi connectivity index (χ0n) is 17.5. The van der Waals surface area contributed by atoms with Crippen LogP contribution in [0, 0.1) is 5.82 Å². The SMILES string of the molecule is CNS(=O)(=O)c1ccc(Nc2nc(-c3ccc(F)cc3)cc(N3CCC(O)CC3)n2)cc1. The molecule has 10 heteroatoms. The van der Waals surface area contributed by atoms with Crippen LogP contribution in [0.25, 0.3) is 11.3 Å². The molecule has 2 aromatic carbocycles. The molecule has 168 valence electrons. The lowest BCUT2D eigenvalue weighted by Crippen LogP contribution is -2.36. The van der Waals surface area contributed by atoms with Gasteiger partial charge >= 0.3 is 0 Å². The van der Waals surface area contributed by atoms with Crippen molar-refractivity contribution in [1.82, 2.24) is 14.7 Å². The monoisotopic (exact) mass is 457 g/mol. The highest BCUT2D eigenvalue weighted by Gasteiger charge is 2.20. The number of piperidine rings is 1. The average Bonchev–Trinajstić information content (AvgIpc) is 2.80. The number of aromatic nitrogens is 2. The number of anilines is 3. The molecule has 1 aliphatic heterocycles. The number of hydrogen-bond acceptors (Lipinski definition) is 7. The van der Waals surface area contributed by atoms with Crippen molar-refractivity contribution < 1.29 is 17.9 Å². The van der Waals surface area contributed by atoms with Gasteiger partial charge in [-0.3, -0.25) is 0 Å². The highest BCUT2D eigenvalue weighted by molar-refractivity contribution is 7.89. The first-order valence-corrected chi connectivity index (χ1v) is 11.7. The molecule has 0 bridgehead atoms. The maximum Gasteiger partial charge on any atom is 0.240 e. The average molecular weight is 458 g/mol. The van der Waals surface area contributed by atoms with E-state index in [1.165, 1.54) is 31.3 Å². The van der Waals surface area contributed by atoms with Crippen molar-refractivity contribution in [3.05, 3.63) is 60.4 Å². The quantitative estimate of drug-likeness (QED) is 0.522. The molecule has 0 spiro atoms. The fourth-order valence-corrected chi connectivity index (χ4v) is 4.21. The van der Waals surface area contributed by atoms with E-state index in [9.17, 15) is 17.9 Å². The molecule has 1 fully saturated rings. The molecule has 0 saturated carbocycles. The maximum atomic E-state index is 13.4. The third kappa shape index (κ3) is 5.04. The Morgan fingerprint density at radius 2 is 1.69 bits per heavy atom. The molecule has 0 radical (unpaired) electrons. The molecular weight excluding hydrogens is 433 g/mol. The van der Waals surface area contributed by atoms with E-state index in [2.05, 4.69) is 24.9 Å². The molecule has 0 atom stereocenters.